The molecule has 0 atom stereocenters. The number of fused-ring (bicyclic) bond motifs is 2. The number of ether oxygens (including phenoxy) is 4. The number of phenolic OH excluding ortho intramolecular Hbond substituents is 1. The van der Waals surface area contributed by atoms with Crippen LogP contribution >= 0.6 is 0 Å². The highest BCUT2D eigenvalue weighted by Gasteiger charge is 2.17. The van der Waals surface area contributed by atoms with Crippen LogP contribution in [0, 0.1) is 0 Å². The van der Waals surface area contributed by atoms with Crippen LogP contribution in [0.5, 0.6) is 17.2 Å². The Labute approximate surface area is 253 Å². The average molecular weight is 585 g/mol. The molecule has 5 rings (SSSR count). The minimum Gasteiger partial charge on any atom is -0.508 e. The van der Waals surface area contributed by atoms with Gasteiger partial charge in [-0.2, -0.15) is 0 Å². The number of hydrogen-bond acceptors (Lipinski definition) is 7. The van der Waals surface area contributed by atoms with Crippen LogP contribution in [0.2, 0.25) is 0 Å². The number of rotatable bonds is 8. The summed E-state index contributed by atoms with van der Waals surface area (Å²) < 4.78 is 21.1. The van der Waals surface area contributed by atoms with E-state index in [1.165, 1.54) is 5.56 Å². The first-order chi connectivity index (χ1) is 20.9. The summed E-state index contributed by atoms with van der Waals surface area (Å²) in [5, 5.41) is 9.43. The van der Waals surface area contributed by atoms with Crippen LogP contribution in [-0.4, -0.2) is 37.4 Å². The lowest BCUT2D eigenvalue weighted by Crippen LogP contribution is -2.06. The smallest absolute Gasteiger partial charge is 0.331 e. The van der Waals surface area contributed by atoms with E-state index in [9.17, 15) is 14.7 Å². The van der Waals surface area contributed by atoms with Crippen molar-refractivity contribution in [2.24, 2.45) is 0 Å². The molecular formula is C36H40O7. The molecule has 0 saturated carbocycles. The molecule has 0 spiro atoms. The zero-order valence-corrected chi connectivity index (χ0v) is 25.2. The average Bonchev–Trinajstić information content (AvgIpc) is 3.01. The van der Waals surface area contributed by atoms with Crippen LogP contribution < -0.4 is 9.47 Å². The van der Waals surface area contributed by atoms with Gasteiger partial charge in [-0.05, 0) is 128 Å². The van der Waals surface area contributed by atoms with Gasteiger partial charge in [0.05, 0.1) is 20.3 Å². The molecule has 0 aliphatic heterocycles. The maximum Gasteiger partial charge on any atom is 0.331 e. The Bertz CT molecular complexity index is 1470. The summed E-state index contributed by atoms with van der Waals surface area (Å²) in [6, 6.07) is 19.2. The lowest BCUT2D eigenvalue weighted by Gasteiger charge is -2.20. The molecule has 0 unspecified atom stereocenters. The van der Waals surface area contributed by atoms with Gasteiger partial charge in [0.2, 0.25) is 0 Å². The molecule has 7 nitrogen and oxygen atoms in total. The van der Waals surface area contributed by atoms with E-state index in [2.05, 4.69) is 6.07 Å². The Hall–Kier alpha value is -4.52. The van der Waals surface area contributed by atoms with Crippen LogP contribution in [-0.2, 0) is 38.5 Å². The monoisotopic (exact) mass is 584 g/mol. The third-order valence-corrected chi connectivity index (χ3v) is 7.36. The Balaban J connectivity index is 0.000000215. The van der Waals surface area contributed by atoms with Crippen LogP contribution in [0.3, 0.4) is 0 Å². The Morgan fingerprint density at radius 1 is 0.721 bits per heavy atom. The van der Waals surface area contributed by atoms with Gasteiger partial charge in [0, 0.05) is 12.2 Å². The molecule has 0 amide bonds. The largest absolute Gasteiger partial charge is 0.508 e. The van der Waals surface area contributed by atoms with E-state index in [-0.39, 0.29) is 17.7 Å². The van der Waals surface area contributed by atoms with Crippen molar-refractivity contribution in [1.29, 1.82) is 0 Å². The molecule has 0 aromatic heterocycles. The van der Waals surface area contributed by atoms with Gasteiger partial charge >= 0.3 is 11.9 Å². The van der Waals surface area contributed by atoms with Gasteiger partial charge in [0.25, 0.3) is 0 Å². The van der Waals surface area contributed by atoms with Crippen LogP contribution in [0.25, 0.3) is 11.1 Å². The van der Waals surface area contributed by atoms with Crippen molar-refractivity contribution in [3.05, 3.63) is 101 Å². The van der Waals surface area contributed by atoms with Crippen LogP contribution in [0.4, 0.5) is 0 Å². The van der Waals surface area contributed by atoms with Gasteiger partial charge in [-0.3, -0.25) is 0 Å². The Morgan fingerprint density at radius 3 is 1.81 bits per heavy atom. The highest BCUT2D eigenvalue weighted by Crippen LogP contribution is 2.34. The number of hydrogen-bond donors (Lipinski definition) is 1. The number of allylic oxidation sites excluding steroid dienone is 2. The zero-order valence-electron chi connectivity index (χ0n) is 25.2. The standard InChI is InChI=1S/C22H24O4.C14H16O3/c1-3-25-22(23)14-18-6-4-5-17-13-20(11-12-21(17)18)26-15-16-7-9-19(24-2)10-8-16;1-2-17-14(16)9-11-5-3-4-10-8-12(15)6-7-13(10)11/h7-14H,3-6,15H2,1-2H3;6-9,15H,2-5H2,1H3/b18-14+;11-9+. The summed E-state index contributed by atoms with van der Waals surface area (Å²) in [7, 11) is 1.66. The van der Waals surface area contributed by atoms with Crippen molar-refractivity contribution < 1.29 is 33.6 Å². The second-order valence-corrected chi connectivity index (χ2v) is 10.3. The predicted molar refractivity (Wildman–Crippen MR) is 167 cm³/mol. The number of carbonyl (C=O) groups excluding carboxylic acids is 2. The van der Waals surface area contributed by atoms with E-state index in [0.717, 1.165) is 83.4 Å². The molecule has 3 aromatic carbocycles. The first kappa shape index (κ1) is 31.4. The van der Waals surface area contributed by atoms with Gasteiger partial charge in [-0.25, -0.2) is 9.59 Å². The Kier molecular flexibility index (Phi) is 11.4. The third kappa shape index (κ3) is 8.98. The Morgan fingerprint density at radius 2 is 1.26 bits per heavy atom. The van der Waals surface area contributed by atoms with Crippen molar-refractivity contribution in [3.8, 4) is 17.2 Å². The first-order valence-electron chi connectivity index (χ1n) is 14.9. The van der Waals surface area contributed by atoms with Crippen LogP contribution in [0.15, 0.2) is 72.8 Å². The summed E-state index contributed by atoms with van der Waals surface area (Å²) in [5.41, 5.74) is 7.65. The molecule has 0 radical (unpaired) electrons. The summed E-state index contributed by atoms with van der Waals surface area (Å²) in [6.45, 7) is 4.91. The number of aromatic hydroxyl groups is 1. The molecule has 3 aromatic rings. The summed E-state index contributed by atoms with van der Waals surface area (Å²) in [6.07, 6.45) is 8.95. The van der Waals surface area contributed by atoms with Crippen LogP contribution in [0.1, 0.15) is 67.3 Å². The van der Waals surface area contributed by atoms with Gasteiger partial charge in [-0.15, -0.1) is 0 Å². The summed E-state index contributed by atoms with van der Waals surface area (Å²) >= 11 is 0. The van der Waals surface area contributed by atoms with Gasteiger partial charge in [0.15, 0.2) is 0 Å². The summed E-state index contributed by atoms with van der Waals surface area (Å²) in [5.74, 6) is 1.40. The van der Waals surface area contributed by atoms with Crippen molar-refractivity contribution in [3.63, 3.8) is 0 Å². The van der Waals surface area contributed by atoms with E-state index in [1.54, 1.807) is 38.3 Å². The normalized spacial score (nSPS) is 15.4. The second kappa shape index (κ2) is 15.6. The second-order valence-electron chi connectivity index (χ2n) is 10.3. The molecular weight excluding hydrogens is 544 g/mol. The zero-order chi connectivity index (χ0) is 30.6. The molecule has 0 fully saturated rings. The third-order valence-electron chi connectivity index (χ3n) is 7.36. The highest BCUT2D eigenvalue weighted by atomic mass is 16.5. The molecule has 1 N–H and O–H groups in total. The SMILES string of the molecule is CCOC(=O)/C=C1\CCCc2cc(O)ccc21.CCOC(=O)/C=C1\CCCc2cc(OCc3ccc(OC)cc3)ccc21. The molecule has 226 valence electrons. The van der Waals surface area contributed by atoms with Crippen molar-refractivity contribution in [1.82, 2.24) is 0 Å². The molecule has 0 heterocycles. The number of aryl methyl sites for hydroxylation is 2. The van der Waals surface area contributed by atoms with E-state index >= 15 is 0 Å². The summed E-state index contributed by atoms with van der Waals surface area (Å²) in [4.78, 5) is 23.2. The fourth-order valence-electron chi connectivity index (χ4n) is 5.33. The topological polar surface area (TPSA) is 91.3 Å². The predicted octanol–water partition coefficient (Wildman–Crippen LogP) is 7.23. The minimum absolute atomic E-state index is 0.268. The van der Waals surface area contributed by atoms with E-state index in [1.807, 2.05) is 49.4 Å². The number of benzene rings is 3. The number of phenols is 1. The van der Waals surface area contributed by atoms with Gasteiger partial charge in [-0.1, -0.05) is 24.3 Å². The quantitative estimate of drug-likeness (QED) is 0.221. The lowest BCUT2D eigenvalue weighted by molar-refractivity contribution is -0.138. The van der Waals surface area contributed by atoms with E-state index < -0.39 is 0 Å². The lowest BCUT2D eigenvalue weighted by atomic mass is 9.87. The highest BCUT2D eigenvalue weighted by molar-refractivity contribution is 5.93. The fourth-order valence-corrected chi connectivity index (χ4v) is 5.33. The van der Waals surface area contributed by atoms with E-state index in [0.29, 0.717) is 19.8 Å². The molecule has 0 saturated heterocycles. The molecule has 2 aliphatic carbocycles. The molecule has 2 aliphatic rings. The minimum atomic E-state index is -0.288. The first-order valence-corrected chi connectivity index (χ1v) is 14.9. The van der Waals surface area contributed by atoms with Gasteiger partial charge < -0.3 is 24.1 Å². The fraction of sp³-hybridized carbons (Fsp3) is 0.333. The number of esters is 2. The number of carbonyl (C=O) groups is 2. The van der Waals surface area contributed by atoms with Crippen molar-refractivity contribution in [2.45, 2.75) is 59.0 Å². The van der Waals surface area contributed by atoms with Gasteiger partial charge in [0.1, 0.15) is 23.9 Å². The molecule has 7 heteroatoms. The maximum absolute atomic E-state index is 11.8. The maximum atomic E-state index is 11.8. The van der Waals surface area contributed by atoms with E-state index in [4.69, 9.17) is 18.9 Å². The molecule has 0 bridgehead atoms. The molecule has 43 heavy (non-hydrogen) atoms. The van der Waals surface area contributed by atoms with Crippen molar-refractivity contribution >= 4 is 23.1 Å². The van der Waals surface area contributed by atoms with Crippen molar-refractivity contribution in [2.75, 3.05) is 20.3 Å². The number of methoxy groups -OCH3 is 1.